The second kappa shape index (κ2) is 6.70. The van der Waals surface area contributed by atoms with E-state index in [0.717, 1.165) is 22.1 Å². The van der Waals surface area contributed by atoms with Gasteiger partial charge in [0.1, 0.15) is 13.1 Å². The van der Waals surface area contributed by atoms with Crippen molar-refractivity contribution in [3.8, 4) is 11.1 Å². The minimum Gasteiger partial charge on any atom is -0.325 e. The lowest BCUT2D eigenvalue weighted by Gasteiger charge is -2.32. The summed E-state index contributed by atoms with van der Waals surface area (Å²) in [6, 6.07) is 18.3. The molecule has 2 nitrogen and oxygen atoms in total. The normalized spacial score (nSPS) is 20.2. The highest BCUT2D eigenvalue weighted by Crippen LogP contribution is 2.23. The van der Waals surface area contributed by atoms with Gasteiger partial charge < -0.3 is 8.97 Å². The molecule has 2 aromatic carbocycles. The summed E-state index contributed by atoms with van der Waals surface area (Å²) in [5, 5.41) is 0. The molecule has 0 spiro atoms. The third kappa shape index (κ3) is 4.46. The Bertz CT molecular complexity index is 605. The number of nitrogens with zero attached hydrogens (tertiary/aromatic N) is 2. The topological polar surface area (TPSA) is 0 Å². The van der Waals surface area contributed by atoms with Crippen LogP contribution < -0.4 is 0 Å². The van der Waals surface area contributed by atoms with Crippen LogP contribution in [0.2, 0.25) is 0 Å². The number of fused-ring (bicyclic) bond motifs is 2. The van der Waals surface area contributed by atoms with E-state index in [-0.39, 0.29) is 0 Å². The first-order valence-electron chi connectivity index (χ1n) is 9.15. The van der Waals surface area contributed by atoms with Crippen LogP contribution >= 0.6 is 0 Å². The number of quaternary nitrogens is 2. The predicted molar refractivity (Wildman–Crippen MR) is 102 cm³/mol. The summed E-state index contributed by atoms with van der Waals surface area (Å²) in [4.78, 5) is 0. The van der Waals surface area contributed by atoms with Crippen molar-refractivity contribution in [3.63, 3.8) is 0 Å². The van der Waals surface area contributed by atoms with Crippen LogP contribution in [0.4, 0.5) is 0 Å². The van der Waals surface area contributed by atoms with E-state index in [4.69, 9.17) is 0 Å². The number of hydrogen-bond acceptors (Lipinski definition) is 0. The highest BCUT2D eigenvalue weighted by Gasteiger charge is 2.19. The fourth-order valence-electron chi connectivity index (χ4n) is 3.83. The monoisotopic (exact) mass is 324 g/mol. The molecule has 0 aromatic heterocycles. The fourth-order valence-corrected chi connectivity index (χ4v) is 3.83. The van der Waals surface area contributed by atoms with Gasteiger partial charge in [-0.05, 0) is 11.1 Å². The molecule has 0 unspecified atom stereocenters. The maximum atomic E-state index is 2.36. The van der Waals surface area contributed by atoms with E-state index >= 15 is 0 Å². The lowest BCUT2D eigenvalue weighted by atomic mass is 10.0. The third-order valence-corrected chi connectivity index (χ3v) is 5.24. The first-order chi connectivity index (χ1) is 11.3. The average molecular weight is 325 g/mol. The molecule has 24 heavy (non-hydrogen) atoms. The molecule has 2 aromatic rings. The van der Waals surface area contributed by atoms with Crippen molar-refractivity contribution in [1.82, 2.24) is 0 Å². The van der Waals surface area contributed by atoms with Crippen LogP contribution in [0.25, 0.3) is 11.1 Å². The van der Waals surface area contributed by atoms with Crippen molar-refractivity contribution in [1.29, 1.82) is 0 Å². The Labute approximate surface area is 147 Å². The summed E-state index contributed by atoms with van der Waals surface area (Å²) >= 11 is 0. The zero-order valence-corrected chi connectivity index (χ0v) is 15.8. The van der Waals surface area contributed by atoms with E-state index in [2.05, 4.69) is 76.7 Å². The Balaban J connectivity index is 1.92. The van der Waals surface area contributed by atoms with Crippen LogP contribution in [0.3, 0.4) is 0 Å². The van der Waals surface area contributed by atoms with Crippen molar-refractivity contribution in [2.75, 3.05) is 41.3 Å². The zero-order chi connectivity index (χ0) is 17.2. The summed E-state index contributed by atoms with van der Waals surface area (Å²) in [5.41, 5.74) is 5.50. The van der Waals surface area contributed by atoms with Gasteiger partial charge in [-0.25, -0.2) is 0 Å². The van der Waals surface area contributed by atoms with Crippen LogP contribution in [0.5, 0.6) is 0 Å². The fraction of sp³-hybridized carbons (Fsp3) is 0.455. The minimum atomic E-state index is 1.07. The van der Waals surface area contributed by atoms with Gasteiger partial charge in [0.25, 0.3) is 0 Å². The average Bonchev–Trinajstić information content (AvgIpc) is 2.52. The Hall–Kier alpha value is -1.64. The van der Waals surface area contributed by atoms with E-state index < -0.39 is 0 Å². The van der Waals surface area contributed by atoms with E-state index in [0.29, 0.717) is 0 Å². The zero-order valence-electron chi connectivity index (χ0n) is 15.8. The van der Waals surface area contributed by atoms with Crippen LogP contribution in [-0.2, 0) is 13.1 Å². The van der Waals surface area contributed by atoms with Crippen LogP contribution in [0.1, 0.15) is 24.0 Å². The Kier molecular flexibility index (Phi) is 4.80. The largest absolute Gasteiger partial charge is 0.325 e. The van der Waals surface area contributed by atoms with Gasteiger partial charge in [0.05, 0.1) is 41.3 Å². The molecule has 0 aliphatic carbocycles. The maximum absolute atomic E-state index is 2.36. The lowest BCUT2D eigenvalue weighted by molar-refractivity contribution is -0.910. The summed E-state index contributed by atoms with van der Waals surface area (Å²) in [6.07, 6.45) is 2.59. The number of benzene rings is 2. The molecule has 3 heterocycles. The Morgan fingerprint density at radius 1 is 0.542 bits per heavy atom. The quantitative estimate of drug-likeness (QED) is 0.634. The lowest BCUT2D eigenvalue weighted by Crippen LogP contribution is -2.42. The van der Waals surface area contributed by atoms with Crippen LogP contribution in [0, 0.1) is 0 Å². The highest BCUT2D eigenvalue weighted by atomic mass is 15.3. The number of hydrogen-bond donors (Lipinski definition) is 0. The predicted octanol–water partition coefficient (Wildman–Crippen LogP) is 4.30. The van der Waals surface area contributed by atoms with Gasteiger partial charge in [-0.15, -0.1) is 0 Å². The van der Waals surface area contributed by atoms with E-state index in [1.807, 2.05) is 0 Å². The summed E-state index contributed by atoms with van der Waals surface area (Å²) in [5.74, 6) is 0. The summed E-state index contributed by atoms with van der Waals surface area (Å²) in [7, 11) is 9.42. The van der Waals surface area contributed by atoms with Crippen molar-refractivity contribution in [3.05, 3.63) is 59.7 Å². The molecular weight excluding hydrogens is 292 g/mol. The van der Waals surface area contributed by atoms with Gasteiger partial charge in [0.15, 0.2) is 0 Å². The maximum Gasteiger partial charge on any atom is 0.104 e. The van der Waals surface area contributed by atoms with Crippen molar-refractivity contribution in [2.24, 2.45) is 0 Å². The molecule has 0 saturated carbocycles. The van der Waals surface area contributed by atoms with Gasteiger partial charge in [-0.1, -0.05) is 48.5 Å². The van der Waals surface area contributed by atoms with Gasteiger partial charge >= 0.3 is 0 Å². The smallest absolute Gasteiger partial charge is 0.104 e. The molecule has 0 radical (unpaired) electrons. The molecule has 5 rings (SSSR count). The van der Waals surface area contributed by atoms with Crippen LogP contribution in [0.15, 0.2) is 48.5 Å². The van der Waals surface area contributed by atoms with Gasteiger partial charge in [-0.3, -0.25) is 0 Å². The molecule has 128 valence electrons. The van der Waals surface area contributed by atoms with Gasteiger partial charge in [0.2, 0.25) is 0 Å². The van der Waals surface area contributed by atoms with Crippen molar-refractivity contribution in [2.45, 2.75) is 25.9 Å². The van der Waals surface area contributed by atoms with Gasteiger partial charge in [0, 0.05) is 24.0 Å². The third-order valence-electron chi connectivity index (χ3n) is 5.24. The SMILES string of the molecule is C[N+]1(C)CCCC[N+](C)(C)Cc2ccc(cc2)-c2ccc(cc2)C1. The van der Waals surface area contributed by atoms with Crippen LogP contribution in [-0.4, -0.2) is 50.2 Å². The second-order valence-corrected chi connectivity index (χ2v) is 8.74. The Morgan fingerprint density at radius 3 is 1.21 bits per heavy atom. The molecule has 0 amide bonds. The molecule has 0 saturated heterocycles. The highest BCUT2D eigenvalue weighted by molar-refractivity contribution is 5.63. The standard InChI is InChI=1S/C22H32N2/c1-23(2)15-5-6-16-24(3,4)18-20-9-13-22(14-10-20)21-11-7-19(17-23)8-12-21/h7-14H,5-6,15-18H2,1-4H3/q+2. The second-order valence-electron chi connectivity index (χ2n) is 8.74. The van der Waals surface area contributed by atoms with Crippen molar-refractivity contribution < 1.29 is 8.97 Å². The minimum absolute atomic E-state index is 1.07. The number of rotatable bonds is 0. The molecular formula is C22H32N2+2. The van der Waals surface area contributed by atoms with Crippen molar-refractivity contribution >= 4 is 0 Å². The molecule has 3 aliphatic rings. The molecule has 3 aliphatic heterocycles. The van der Waals surface area contributed by atoms with Gasteiger partial charge in [-0.2, -0.15) is 0 Å². The molecule has 0 fully saturated rings. The van der Waals surface area contributed by atoms with E-state index in [1.165, 1.54) is 48.2 Å². The molecule has 0 N–H and O–H groups in total. The first-order valence-corrected chi connectivity index (χ1v) is 9.15. The van der Waals surface area contributed by atoms with E-state index in [1.54, 1.807) is 0 Å². The first kappa shape index (κ1) is 17.2. The summed E-state index contributed by atoms with van der Waals surface area (Å²) in [6.45, 7) is 4.71. The van der Waals surface area contributed by atoms with E-state index in [9.17, 15) is 0 Å². The Morgan fingerprint density at radius 2 is 0.875 bits per heavy atom. The summed E-state index contributed by atoms with van der Waals surface area (Å²) < 4.78 is 2.14. The molecule has 4 bridgehead atoms. The molecule has 0 atom stereocenters. The molecule has 2 heteroatoms.